The number of ketones is 1. The van der Waals surface area contributed by atoms with Crippen molar-refractivity contribution in [3.05, 3.63) is 94.0 Å². The summed E-state index contributed by atoms with van der Waals surface area (Å²) in [5, 5.41) is 6.73. The maximum absolute atomic E-state index is 14.5. The number of Topliss-reactive ketones (excluding diaryl/α,β-unsaturated/α-hetero) is 1. The van der Waals surface area contributed by atoms with Crippen molar-refractivity contribution in [2.75, 3.05) is 17.2 Å². The maximum Gasteiger partial charge on any atom is 0.251 e. The smallest absolute Gasteiger partial charge is 0.251 e. The molecule has 4 aliphatic rings. The monoisotopic (exact) mass is 511 g/mol. The fourth-order valence-electron chi connectivity index (χ4n) is 7.64. The van der Waals surface area contributed by atoms with Crippen molar-refractivity contribution in [3.63, 3.8) is 0 Å². The fourth-order valence-corrected chi connectivity index (χ4v) is 7.77. The number of carbonyl (C=O) groups is 3. The van der Waals surface area contributed by atoms with E-state index in [0.717, 1.165) is 30.4 Å². The Bertz CT molecular complexity index is 1500. The van der Waals surface area contributed by atoms with Crippen LogP contribution >= 0.6 is 11.6 Å². The minimum Gasteiger partial charge on any atom is -0.325 e. The van der Waals surface area contributed by atoms with E-state index >= 15 is 0 Å². The molecule has 4 aliphatic heterocycles. The van der Waals surface area contributed by atoms with E-state index in [1.54, 1.807) is 24.3 Å². The lowest BCUT2D eigenvalue weighted by molar-refractivity contribution is -0.137. The Morgan fingerprint density at radius 1 is 0.973 bits per heavy atom. The number of aryl methyl sites for hydroxylation is 1. The summed E-state index contributed by atoms with van der Waals surface area (Å²) in [4.78, 5) is 45.6. The first kappa shape index (κ1) is 22.7. The molecule has 3 aromatic carbocycles. The molecule has 2 spiro atoms. The zero-order valence-electron chi connectivity index (χ0n) is 20.4. The lowest BCUT2D eigenvalue weighted by Crippen LogP contribution is -2.62. The van der Waals surface area contributed by atoms with Crippen LogP contribution in [0.15, 0.2) is 66.7 Å². The molecule has 186 valence electrons. The number of hydrogen-bond acceptors (Lipinski definition) is 4. The van der Waals surface area contributed by atoms with Crippen LogP contribution in [0.1, 0.15) is 46.8 Å². The predicted molar refractivity (Wildman–Crippen MR) is 142 cm³/mol. The number of fused-ring (bicyclic) bond motifs is 7. The highest BCUT2D eigenvalue weighted by molar-refractivity contribution is 6.30. The molecule has 2 N–H and O–H groups in total. The minimum absolute atomic E-state index is 0.134. The summed E-state index contributed by atoms with van der Waals surface area (Å²) in [7, 11) is 0. The Kier molecular flexibility index (Phi) is 4.76. The average molecular weight is 512 g/mol. The second kappa shape index (κ2) is 7.76. The van der Waals surface area contributed by atoms with Crippen molar-refractivity contribution < 1.29 is 14.4 Å². The van der Waals surface area contributed by atoms with Gasteiger partial charge in [0.2, 0.25) is 5.91 Å². The highest BCUT2D eigenvalue weighted by Crippen LogP contribution is 2.67. The van der Waals surface area contributed by atoms with E-state index in [4.69, 9.17) is 11.6 Å². The van der Waals surface area contributed by atoms with Gasteiger partial charge in [-0.25, -0.2) is 0 Å². The number of hydrogen-bond donors (Lipinski definition) is 2. The van der Waals surface area contributed by atoms with Gasteiger partial charge in [0.1, 0.15) is 11.0 Å². The number of anilines is 2. The molecule has 6 nitrogen and oxygen atoms in total. The van der Waals surface area contributed by atoms with E-state index in [2.05, 4.69) is 28.5 Å². The van der Waals surface area contributed by atoms with E-state index in [1.807, 2.05) is 36.4 Å². The number of carbonyl (C=O) groups excluding carboxylic acids is 3. The Morgan fingerprint density at radius 3 is 2.49 bits per heavy atom. The third-order valence-electron chi connectivity index (χ3n) is 8.98. The van der Waals surface area contributed by atoms with E-state index in [1.165, 1.54) is 0 Å². The molecule has 0 radical (unpaired) electrons. The van der Waals surface area contributed by atoms with Crippen LogP contribution in [0.25, 0.3) is 0 Å². The van der Waals surface area contributed by atoms with Gasteiger partial charge in [-0.3, -0.25) is 19.3 Å². The van der Waals surface area contributed by atoms with Crippen LogP contribution in [0.2, 0.25) is 5.02 Å². The normalized spacial score (nSPS) is 29.4. The summed E-state index contributed by atoms with van der Waals surface area (Å²) in [5.74, 6) is -1.41. The summed E-state index contributed by atoms with van der Waals surface area (Å²) in [5.41, 5.74) is 1.70. The lowest BCUT2D eigenvalue weighted by atomic mass is 9.57. The number of rotatable bonds is 3. The molecule has 3 aromatic rings. The second-order valence-electron chi connectivity index (χ2n) is 10.5. The van der Waals surface area contributed by atoms with Crippen LogP contribution in [-0.4, -0.2) is 35.1 Å². The third-order valence-corrected chi connectivity index (χ3v) is 9.23. The summed E-state index contributed by atoms with van der Waals surface area (Å²) < 4.78 is 0. The first-order valence-corrected chi connectivity index (χ1v) is 13.2. The second-order valence-corrected chi connectivity index (χ2v) is 10.9. The maximum atomic E-state index is 14.5. The summed E-state index contributed by atoms with van der Waals surface area (Å²) in [6.45, 7) is 2.71. The molecular weight excluding hydrogens is 486 g/mol. The molecule has 7 rings (SSSR count). The topological polar surface area (TPSA) is 78.5 Å². The number of nitrogens with one attached hydrogen (secondary N) is 2. The molecule has 0 saturated carbocycles. The first-order chi connectivity index (χ1) is 17.9. The summed E-state index contributed by atoms with van der Waals surface area (Å²) in [6, 6.07) is 20.1. The fraction of sp³-hybridized carbons (Fsp3) is 0.300. The van der Waals surface area contributed by atoms with E-state index in [-0.39, 0.29) is 23.6 Å². The van der Waals surface area contributed by atoms with Crippen LogP contribution in [-0.2, 0) is 27.0 Å². The molecule has 7 heteroatoms. The molecule has 0 aromatic heterocycles. The van der Waals surface area contributed by atoms with Gasteiger partial charge in [0.05, 0.1) is 5.92 Å². The first-order valence-electron chi connectivity index (χ1n) is 12.9. The highest BCUT2D eigenvalue weighted by Gasteiger charge is 2.81. The molecule has 0 bridgehead atoms. The van der Waals surface area contributed by atoms with Crippen molar-refractivity contribution in [1.82, 2.24) is 4.90 Å². The summed E-state index contributed by atoms with van der Waals surface area (Å²) >= 11 is 6.14. The van der Waals surface area contributed by atoms with Crippen LogP contribution < -0.4 is 10.6 Å². The van der Waals surface area contributed by atoms with E-state index < -0.39 is 16.9 Å². The molecule has 0 aliphatic carbocycles. The zero-order valence-corrected chi connectivity index (χ0v) is 21.1. The number of halogens is 1. The van der Waals surface area contributed by atoms with Crippen LogP contribution in [0.4, 0.5) is 11.4 Å². The van der Waals surface area contributed by atoms with Crippen LogP contribution in [0, 0.1) is 5.92 Å². The predicted octanol–water partition coefficient (Wildman–Crippen LogP) is 4.92. The Morgan fingerprint density at radius 2 is 1.70 bits per heavy atom. The number of benzene rings is 3. The minimum atomic E-state index is -1.42. The Hall–Kier alpha value is -3.48. The quantitative estimate of drug-likeness (QED) is 0.489. The van der Waals surface area contributed by atoms with Crippen LogP contribution in [0.5, 0.6) is 0 Å². The van der Waals surface area contributed by atoms with Crippen molar-refractivity contribution in [2.45, 2.75) is 43.2 Å². The van der Waals surface area contributed by atoms with Gasteiger partial charge < -0.3 is 10.6 Å². The molecule has 4 atom stereocenters. The van der Waals surface area contributed by atoms with Gasteiger partial charge in [0, 0.05) is 33.6 Å². The van der Waals surface area contributed by atoms with Crippen molar-refractivity contribution in [2.24, 2.45) is 5.92 Å². The molecule has 4 unspecified atom stereocenters. The molecule has 2 fully saturated rings. The van der Waals surface area contributed by atoms with Gasteiger partial charge in [-0.2, -0.15) is 0 Å². The number of amides is 2. The highest BCUT2D eigenvalue weighted by atomic mass is 35.5. The number of para-hydroxylation sites is 1. The molecular formula is C30H26ClN3O3. The van der Waals surface area contributed by atoms with Crippen molar-refractivity contribution in [1.29, 1.82) is 0 Å². The van der Waals surface area contributed by atoms with Gasteiger partial charge in [0.15, 0.2) is 5.78 Å². The van der Waals surface area contributed by atoms with Gasteiger partial charge in [-0.05, 0) is 73.3 Å². The third kappa shape index (κ3) is 2.62. The Labute approximate surface area is 220 Å². The van der Waals surface area contributed by atoms with Crippen molar-refractivity contribution >= 4 is 40.6 Å². The average Bonchev–Trinajstić information content (AvgIpc) is 3.62. The Balaban J connectivity index is 1.58. The molecule has 2 saturated heterocycles. The SMILES string of the molecule is CCc1ccc2c(c1)C1(C(=O)N2)N2CCCC2C(C(=O)c2ccc(Cl)cc2)C12C(=O)Nc1ccccc12. The van der Waals surface area contributed by atoms with E-state index in [0.29, 0.717) is 34.1 Å². The van der Waals surface area contributed by atoms with Crippen molar-refractivity contribution in [3.8, 4) is 0 Å². The standard InChI is InChI=1S/C30H26ClN3O3/c1-2-17-9-14-23-21(16-17)30(28(37)33-23)29(20-6-3-4-7-22(20)32-27(29)36)25(24-8-5-15-34(24)30)26(35)18-10-12-19(31)13-11-18/h3-4,6-7,9-14,16,24-25H,2,5,8,15H2,1H3,(H,32,36)(H,33,37). The molecule has 37 heavy (non-hydrogen) atoms. The lowest BCUT2D eigenvalue weighted by Gasteiger charge is -2.43. The molecule has 2 amide bonds. The summed E-state index contributed by atoms with van der Waals surface area (Å²) in [6.07, 6.45) is 2.38. The van der Waals surface area contributed by atoms with E-state index in [9.17, 15) is 14.4 Å². The molecule has 4 heterocycles. The van der Waals surface area contributed by atoms with Gasteiger partial charge in [-0.15, -0.1) is 0 Å². The van der Waals surface area contributed by atoms with Gasteiger partial charge in [-0.1, -0.05) is 48.9 Å². The van der Waals surface area contributed by atoms with Crippen LogP contribution in [0.3, 0.4) is 0 Å². The van der Waals surface area contributed by atoms with Gasteiger partial charge >= 0.3 is 0 Å². The van der Waals surface area contributed by atoms with Gasteiger partial charge in [0.25, 0.3) is 5.91 Å². The largest absolute Gasteiger partial charge is 0.325 e. The zero-order chi connectivity index (χ0) is 25.5. The number of nitrogens with zero attached hydrogens (tertiary/aromatic N) is 1.